The first-order valence-corrected chi connectivity index (χ1v) is 9.36. The second kappa shape index (κ2) is 9.91. The number of hydrogen-bond donors (Lipinski definition) is 0. The van der Waals surface area contributed by atoms with Gasteiger partial charge in [-0.1, -0.05) is 57.4 Å². The van der Waals surface area contributed by atoms with Crippen molar-refractivity contribution in [3.05, 3.63) is 65.2 Å². The van der Waals surface area contributed by atoms with Gasteiger partial charge in [-0.15, -0.1) is 0 Å². The van der Waals surface area contributed by atoms with Gasteiger partial charge < -0.3 is 4.74 Å². The number of carbonyl (C=O) groups excluding carboxylic acids is 2. The van der Waals surface area contributed by atoms with E-state index in [0.717, 1.165) is 6.42 Å². The van der Waals surface area contributed by atoms with Crippen LogP contribution in [0.5, 0.6) is 5.75 Å². The summed E-state index contributed by atoms with van der Waals surface area (Å²) in [5.41, 5.74) is 2.38. The Morgan fingerprint density at radius 3 is 1.88 bits per heavy atom. The number of ether oxygens (including phenoxy) is 1. The molecule has 0 saturated heterocycles. The average Bonchev–Trinajstić information content (AvgIpc) is 2.68. The van der Waals surface area contributed by atoms with Crippen LogP contribution >= 0.6 is 0 Å². The number of ketones is 2. The van der Waals surface area contributed by atoms with Gasteiger partial charge in [-0.3, -0.25) is 9.59 Å². The van der Waals surface area contributed by atoms with Crippen molar-refractivity contribution >= 4 is 11.6 Å². The van der Waals surface area contributed by atoms with Crippen molar-refractivity contribution in [2.75, 3.05) is 7.11 Å². The van der Waals surface area contributed by atoms with Gasteiger partial charge in [0, 0.05) is 11.1 Å². The van der Waals surface area contributed by atoms with Crippen LogP contribution in [0, 0.1) is 5.92 Å². The van der Waals surface area contributed by atoms with E-state index in [-0.39, 0.29) is 18.0 Å². The SMILES string of the molecule is CCCC(CC)Cc1ccc(C(=O)CC(=O)c2ccc(OC)cc2)cc1. The van der Waals surface area contributed by atoms with Crippen LogP contribution in [0.15, 0.2) is 48.5 Å². The van der Waals surface area contributed by atoms with Gasteiger partial charge in [0.05, 0.1) is 13.5 Å². The molecule has 0 aliphatic rings. The number of methoxy groups -OCH3 is 1. The Balaban J connectivity index is 1.97. The molecule has 0 spiro atoms. The van der Waals surface area contributed by atoms with Crippen LogP contribution in [0.4, 0.5) is 0 Å². The molecule has 0 aromatic heterocycles. The van der Waals surface area contributed by atoms with Gasteiger partial charge in [0.15, 0.2) is 11.6 Å². The van der Waals surface area contributed by atoms with Gasteiger partial charge >= 0.3 is 0 Å². The van der Waals surface area contributed by atoms with Crippen molar-refractivity contribution in [1.82, 2.24) is 0 Å². The summed E-state index contributed by atoms with van der Waals surface area (Å²) >= 11 is 0. The zero-order valence-electron chi connectivity index (χ0n) is 16.0. The number of rotatable bonds is 10. The van der Waals surface area contributed by atoms with Gasteiger partial charge in [0.2, 0.25) is 0 Å². The first-order valence-electron chi connectivity index (χ1n) is 9.36. The Bertz CT molecular complexity index is 714. The van der Waals surface area contributed by atoms with E-state index < -0.39 is 0 Å². The molecule has 3 heteroatoms. The normalized spacial score (nSPS) is 11.8. The largest absolute Gasteiger partial charge is 0.497 e. The van der Waals surface area contributed by atoms with E-state index in [9.17, 15) is 9.59 Å². The number of hydrogen-bond acceptors (Lipinski definition) is 3. The molecule has 2 aromatic rings. The van der Waals surface area contributed by atoms with Crippen molar-refractivity contribution in [1.29, 1.82) is 0 Å². The molecule has 26 heavy (non-hydrogen) atoms. The molecule has 0 fully saturated rings. The highest BCUT2D eigenvalue weighted by molar-refractivity contribution is 6.13. The fraction of sp³-hybridized carbons (Fsp3) is 0.391. The molecule has 0 heterocycles. The molecule has 0 N–H and O–H groups in total. The van der Waals surface area contributed by atoms with Crippen LogP contribution in [0.2, 0.25) is 0 Å². The third-order valence-electron chi connectivity index (χ3n) is 4.81. The van der Waals surface area contributed by atoms with Gasteiger partial charge in [-0.25, -0.2) is 0 Å². The summed E-state index contributed by atoms with van der Waals surface area (Å²) < 4.78 is 5.08. The average molecular weight is 352 g/mol. The molecule has 3 nitrogen and oxygen atoms in total. The molecule has 1 atom stereocenters. The zero-order chi connectivity index (χ0) is 18.9. The summed E-state index contributed by atoms with van der Waals surface area (Å²) in [6, 6.07) is 14.6. The second-order valence-electron chi connectivity index (χ2n) is 6.72. The van der Waals surface area contributed by atoms with Crippen molar-refractivity contribution in [3.8, 4) is 5.75 Å². The number of benzene rings is 2. The zero-order valence-corrected chi connectivity index (χ0v) is 16.0. The Hall–Kier alpha value is -2.42. The fourth-order valence-electron chi connectivity index (χ4n) is 3.15. The lowest BCUT2D eigenvalue weighted by atomic mass is 9.92. The van der Waals surface area contributed by atoms with Crippen molar-refractivity contribution in [2.24, 2.45) is 5.92 Å². The molecule has 0 bridgehead atoms. The molecule has 0 aliphatic heterocycles. The molecule has 0 aliphatic carbocycles. The van der Waals surface area contributed by atoms with Crippen molar-refractivity contribution < 1.29 is 14.3 Å². The minimum atomic E-state index is -0.171. The molecular weight excluding hydrogens is 324 g/mol. The lowest BCUT2D eigenvalue weighted by Crippen LogP contribution is -2.09. The minimum absolute atomic E-state index is 0.112. The van der Waals surface area contributed by atoms with E-state index >= 15 is 0 Å². The summed E-state index contributed by atoms with van der Waals surface area (Å²) in [6.07, 6.45) is 4.53. The van der Waals surface area contributed by atoms with Crippen LogP contribution in [0.3, 0.4) is 0 Å². The van der Waals surface area contributed by atoms with E-state index in [1.165, 1.54) is 24.8 Å². The van der Waals surface area contributed by atoms with Crippen LogP contribution < -0.4 is 4.74 Å². The summed E-state index contributed by atoms with van der Waals surface area (Å²) in [5, 5.41) is 0. The van der Waals surface area contributed by atoms with E-state index in [4.69, 9.17) is 4.74 Å². The first-order chi connectivity index (χ1) is 12.6. The standard InChI is InChI=1S/C23H28O3/c1-4-6-17(5-2)15-18-7-9-19(10-8-18)22(24)16-23(25)20-11-13-21(26-3)14-12-20/h7-14,17H,4-6,15-16H2,1-3H3. The highest BCUT2D eigenvalue weighted by Crippen LogP contribution is 2.19. The van der Waals surface area contributed by atoms with Crippen LogP contribution in [0.1, 0.15) is 65.8 Å². The summed E-state index contributed by atoms with van der Waals surface area (Å²) in [5.74, 6) is 1.07. The molecule has 138 valence electrons. The maximum Gasteiger partial charge on any atom is 0.170 e. The quantitative estimate of drug-likeness (QED) is 0.418. The summed E-state index contributed by atoms with van der Waals surface area (Å²) in [6.45, 7) is 4.44. The molecule has 0 radical (unpaired) electrons. The van der Waals surface area contributed by atoms with Gasteiger partial charge in [-0.2, -0.15) is 0 Å². The smallest absolute Gasteiger partial charge is 0.170 e. The molecule has 2 aromatic carbocycles. The number of Topliss-reactive ketones (excluding diaryl/α,β-unsaturated/α-hetero) is 2. The van der Waals surface area contributed by atoms with Crippen LogP contribution in [0.25, 0.3) is 0 Å². The number of carbonyl (C=O) groups is 2. The van der Waals surface area contributed by atoms with Crippen molar-refractivity contribution in [3.63, 3.8) is 0 Å². The lowest BCUT2D eigenvalue weighted by molar-refractivity contribution is 0.0894. The molecule has 2 rings (SSSR count). The van der Waals surface area contributed by atoms with E-state index in [1.807, 2.05) is 24.3 Å². The maximum atomic E-state index is 12.4. The minimum Gasteiger partial charge on any atom is -0.497 e. The van der Waals surface area contributed by atoms with Gasteiger partial charge in [0.25, 0.3) is 0 Å². The lowest BCUT2D eigenvalue weighted by Gasteiger charge is -2.13. The third-order valence-corrected chi connectivity index (χ3v) is 4.81. The van der Waals surface area contributed by atoms with E-state index in [2.05, 4.69) is 13.8 Å². The molecule has 1 unspecified atom stereocenters. The highest BCUT2D eigenvalue weighted by atomic mass is 16.5. The Morgan fingerprint density at radius 1 is 0.885 bits per heavy atom. The predicted octanol–water partition coefficient (Wildman–Crippen LogP) is 5.52. The van der Waals surface area contributed by atoms with Gasteiger partial charge in [-0.05, 0) is 42.2 Å². The third kappa shape index (κ3) is 5.55. The Morgan fingerprint density at radius 2 is 1.42 bits per heavy atom. The van der Waals surface area contributed by atoms with Crippen LogP contribution in [-0.4, -0.2) is 18.7 Å². The highest BCUT2D eigenvalue weighted by Gasteiger charge is 2.14. The first kappa shape index (κ1) is 19.9. The molecular formula is C23H28O3. The molecule has 0 amide bonds. The Labute approximate surface area is 156 Å². The Kier molecular flexibility index (Phi) is 7.58. The van der Waals surface area contributed by atoms with E-state index in [1.54, 1.807) is 31.4 Å². The topological polar surface area (TPSA) is 43.4 Å². The molecule has 0 saturated carbocycles. The summed E-state index contributed by atoms with van der Waals surface area (Å²) in [7, 11) is 1.58. The van der Waals surface area contributed by atoms with Crippen molar-refractivity contribution in [2.45, 2.75) is 46.0 Å². The van der Waals surface area contributed by atoms with Gasteiger partial charge in [0.1, 0.15) is 5.75 Å². The van der Waals surface area contributed by atoms with E-state index in [0.29, 0.717) is 22.8 Å². The summed E-state index contributed by atoms with van der Waals surface area (Å²) in [4.78, 5) is 24.7. The monoisotopic (exact) mass is 352 g/mol. The predicted molar refractivity (Wildman–Crippen MR) is 105 cm³/mol. The second-order valence-corrected chi connectivity index (χ2v) is 6.72. The fourth-order valence-corrected chi connectivity index (χ4v) is 3.15. The van der Waals surface area contributed by atoms with Crippen LogP contribution in [-0.2, 0) is 6.42 Å². The maximum absolute atomic E-state index is 12.4.